The second kappa shape index (κ2) is 10.4. The number of amides is 1. The quantitative estimate of drug-likeness (QED) is 0.489. The van der Waals surface area contributed by atoms with Crippen LogP contribution in [0.2, 0.25) is 5.02 Å². The van der Waals surface area contributed by atoms with Crippen LogP contribution in [-0.4, -0.2) is 55.6 Å². The number of para-hydroxylation sites is 1. The molecule has 2 heterocycles. The first-order valence-electron chi connectivity index (χ1n) is 11.4. The lowest BCUT2D eigenvalue weighted by Crippen LogP contribution is -2.43. The SMILES string of the molecule is COC(=O)c1c(CNC(=O)C2CCN(S(C)(=O)=O)CC2)c(=O)c2ccc(Cl)cc2n1-c1ccccc1. The summed E-state index contributed by atoms with van der Waals surface area (Å²) in [6.07, 6.45) is 1.88. The summed E-state index contributed by atoms with van der Waals surface area (Å²) in [5.74, 6) is -1.44. The summed E-state index contributed by atoms with van der Waals surface area (Å²) in [5, 5.41) is 3.51. The second-order valence-electron chi connectivity index (χ2n) is 8.63. The molecular formula is C25H26ClN3O6S. The Morgan fingerprint density at radius 3 is 2.39 bits per heavy atom. The van der Waals surface area contributed by atoms with E-state index >= 15 is 0 Å². The largest absolute Gasteiger partial charge is 0.464 e. The van der Waals surface area contributed by atoms with E-state index in [0.29, 0.717) is 34.5 Å². The van der Waals surface area contributed by atoms with Crippen molar-refractivity contribution in [2.24, 2.45) is 5.92 Å². The van der Waals surface area contributed by atoms with Crippen LogP contribution in [0, 0.1) is 5.92 Å². The monoisotopic (exact) mass is 531 g/mol. The van der Waals surface area contributed by atoms with Gasteiger partial charge in [-0.1, -0.05) is 29.8 Å². The van der Waals surface area contributed by atoms with Crippen LogP contribution in [-0.2, 0) is 26.1 Å². The minimum atomic E-state index is -3.31. The van der Waals surface area contributed by atoms with Gasteiger partial charge in [0.25, 0.3) is 0 Å². The zero-order chi connectivity index (χ0) is 26.0. The van der Waals surface area contributed by atoms with Gasteiger partial charge in [0.15, 0.2) is 5.43 Å². The number of halogens is 1. The van der Waals surface area contributed by atoms with Gasteiger partial charge in [0.1, 0.15) is 5.69 Å². The van der Waals surface area contributed by atoms with Gasteiger partial charge in [-0.3, -0.25) is 9.59 Å². The molecule has 11 heteroatoms. The third-order valence-corrected chi connectivity index (χ3v) is 7.89. The molecule has 0 bridgehead atoms. The number of nitrogens with one attached hydrogen (secondary N) is 1. The predicted octanol–water partition coefficient (Wildman–Crippen LogP) is 2.72. The molecule has 0 saturated carbocycles. The Morgan fingerprint density at radius 1 is 1.11 bits per heavy atom. The van der Waals surface area contributed by atoms with Crippen molar-refractivity contribution >= 4 is 44.4 Å². The van der Waals surface area contributed by atoms with E-state index in [1.165, 1.54) is 11.4 Å². The number of ether oxygens (including phenoxy) is 1. The lowest BCUT2D eigenvalue weighted by molar-refractivity contribution is -0.126. The van der Waals surface area contributed by atoms with Gasteiger partial charge in [-0.2, -0.15) is 0 Å². The standard InChI is InChI=1S/C25H26ClN3O6S/c1-35-25(32)22-20(15-27-24(31)16-10-12-28(13-11-16)36(2,33)34)23(30)19-9-8-17(26)14-21(19)29(22)18-6-4-3-5-7-18/h3-9,14,16H,10-13,15H2,1-2H3,(H,27,31). The normalized spacial score (nSPS) is 15.1. The molecule has 0 radical (unpaired) electrons. The molecule has 2 aromatic carbocycles. The molecule has 190 valence electrons. The maximum absolute atomic E-state index is 13.5. The van der Waals surface area contributed by atoms with Gasteiger partial charge in [0, 0.05) is 41.6 Å². The van der Waals surface area contributed by atoms with Crippen molar-refractivity contribution in [3.8, 4) is 5.69 Å². The molecule has 0 aliphatic carbocycles. The van der Waals surface area contributed by atoms with Crippen molar-refractivity contribution in [1.82, 2.24) is 14.2 Å². The third kappa shape index (κ3) is 5.16. The van der Waals surface area contributed by atoms with E-state index in [1.807, 2.05) is 6.07 Å². The van der Waals surface area contributed by atoms with E-state index < -0.39 is 27.3 Å². The fraction of sp³-hybridized carbons (Fsp3) is 0.320. The van der Waals surface area contributed by atoms with Gasteiger partial charge < -0.3 is 14.6 Å². The average Bonchev–Trinajstić information content (AvgIpc) is 2.87. The maximum Gasteiger partial charge on any atom is 0.355 e. The number of carbonyl (C=O) groups excluding carboxylic acids is 2. The molecule has 36 heavy (non-hydrogen) atoms. The number of fused-ring (bicyclic) bond motifs is 1. The second-order valence-corrected chi connectivity index (χ2v) is 11.1. The van der Waals surface area contributed by atoms with E-state index in [4.69, 9.17) is 16.3 Å². The summed E-state index contributed by atoms with van der Waals surface area (Å²) >= 11 is 6.23. The number of nitrogens with zero attached hydrogens (tertiary/aromatic N) is 2. The van der Waals surface area contributed by atoms with Crippen molar-refractivity contribution in [2.45, 2.75) is 19.4 Å². The number of hydrogen-bond donors (Lipinski definition) is 1. The van der Waals surface area contributed by atoms with Crippen LogP contribution in [0.3, 0.4) is 0 Å². The highest BCUT2D eigenvalue weighted by atomic mass is 35.5. The molecule has 0 spiro atoms. The summed E-state index contributed by atoms with van der Waals surface area (Å²) in [5.41, 5.74) is 0.716. The molecule has 1 amide bonds. The highest BCUT2D eigenvalue weighted by Gasteiger charge is 2.30. The molecule has 1 aliphatic heterocycles. The summed E-state index contributed by atoms with van der Waals surface area (Å²) in [6.45, 7) is 0.309. The lowest BCUT2D eigenvalue weighted by atomic mass is 9.97. The van der Waals surface area contributed by atoms with Gasteiger partial charge >= 0.3 is 5.97 Å². The maximum atomic E-state index is 13.5. The summed E-state index contributed by atoms with van der Waals surface area (Å²) in [7, 11) is -2.09. The fourth-order valence-electron chi connectivity index (χ4n) is 4.50. The molecule has 1 aromatic heterocycles. The molecule has 9 nitrogen and oxygen atoms in total. The molecule has 1 saturated heterocycles. The van der Waals surface area contributed by atoms with Crippen LogP contribution >= 0.6 is 11.6 Å². The number of aromatic nitrogens is 1. The van der Waals surface area contributed by atoms with Crippen molar-refractivity contribution in [1.29, 1.82) is 0 Å². The summed E-state index contributed by atoms with van der Waals surface area (Å²) in [6, 6.07) is 13.8. The molecule has 3 aromatic rings. The Labute approximate surface area is 213 Å². The first-order valence-corrected chi connectivity index (χ1v) is 13.6. The average molecular weight is 532 g/mol. The number of esters is 1. The van der Waals surface area contributed by atoms with Crippen molar-refractivity contribution in [2.75, 3.05) is 26.5 Å². The number of benzene rings is 2. The number of carbonyl (C=O) groups is 2. The molecule has 4 rings (SSSR count). The highest BCUT2D eigenvalue weighted by Crippen LogP contribution is 2.26. The van der Waals surface area contributed by atoms with Gasteiger partial charge in [-0.15, -0.1) is 0 Å². The van der Waals surface area contributed by atoms with E-state index in [9.17, 15) is 22.8 Å². The lowest BCUT2D eigenvalue weighted by Gasteiger charge is -2.29. The molecule has 0 unspecified atom stereocenters. The van der Waals surface area contributed by atoms with E-state index in [2.05, 4.69) is 5.32 Å². The third-order valence-electron chi connectivity index (χ3n) is 6.36. The van der Waals surface area contributed by atoms with E-state index in [-0.39, 0.29) is 36.8 Å². The Kier molecular flexibility index (Phi) is 7.49. The van der Waals surface area contributed by atoms with Crippen LogP contribution in [0.4, 0.5) is 0 Å². The fourth-order valence-corrected chi connectivity index (χ4v) is 5.54. The van der Waals surface area contributed by atoms with Crippen LogP contribution in [0.1, 0.15) is 28.9 Å². The smallest absolute Gasteiger partial charge is 0.355 e. The molecular weight excluding hydrogens is 506 g/mol. The Morgan fingerprint density at radius 2 is 1.78 bits per heavy atom. The Hall–Kier alpha value is -3.21. The molecule has 1 N–H and O–H groups in total. The van der Waals surface area contributed by atoms with Crippen LogP contribution in [0.5, 0.6) is 0 Å². The van der Waals surface area contributed by atoms with E-state index in [0.717, 1.165) is 6.26 Å². The number of sulfonamides is 1. The van der Waals surface area contributed by atoms with E-state index in [1.54, 1.807) is 47.0 Å². The van der Waals surface area contributed by atoms with Gasteiger partial charge in [0.05, 0.1) is 24.4 Å². The van der Waals surface area contributed by atoms with Crippen LogP contribution in [0.15, 0.2) is 53.3 Å². The van der Waals surface area contributed by atoms with Crippen molar-refractivity contribution in [3.63, 3.8) is 0 Å². The minimum absolute atomic E-state index is 0.00402. The predicted molar refractivity (Wildman–Crippen MR) is 137 cm³/mol. The number of pyridine rings is 1. The Balaban J connectivity index is 1.74. The first kappa shape index (κ1) is 25.9. The zero-order valence-electron chi connectivity index (χ0n) is 19.9. The van der Waals surface area contributed by atoms with Gasteiger partial charge in [0.2, 0.25) is 15.9 Å². The molecule has 1 fully saturated rings. The minimum Gasteiger partial charge on any atom is -0.464 e. The molecule has 1 aliphatic rings. The van der Waals surface area contributed by atoms with Gasteiger partial charge in [-0.05, 0) is 43.2 Å². The molecule has 0 atom stereocenters. The van der Waals surface area contributed by atoms with Crippen molar-refractivity contribution in [3.05, 3.63) is 75.0 Å². The topological polar surface area (TPSA) is 115 Å². The summed E-state index contributed by atoms with van der Waals surface area (Å²) < 4.78 is 31.5. The number of rotatable bonds is 6. The summed E-state index contributed by atoms with van der Waals surface area (Å²) in [4.78, 5) is 39.4. The first-order chi connectivity index (χ1) is 17.1. The van der Waals surface area contributed by atoms with Gasteiger partial charge in [-0.25, -0.2) is 17.5 Å². The number of piperidine rings is 1. The number of methoxy groups -OCH3 is 1. The number of hydrogen-bond acceptors (Lipinski definition) is 6. The highest BCUT2D eigenvalue weighted by molar-refractivity contribution is 7.88. The van der Waals surface area contributed by atoms with Crippen LogP contribution < -0.4 is 10.7 Å². The zero-order valence-corrected chi connectivity index (χ0v) is 21.4. The van der Waals surface area contributed by atoms with Crippen LogP contribution in [0.25, 0.3) is 16.6 Å². The Bertz CT molecular complexity index is 1480. The van der Waals surface area contributed by atoms with Crippen molar-refractivity contribution < 1.29 is 22.7 Å².